The van der Waals surface area contributed by atoms with Crippen molar-refractivity contribution in [1.29, 1.82) is 0 Å². The van der Waals surface area contributed by atoms with Crippen LogP contribution in [0, 0.1) is 5.41 Å². The van der Waals surface area contributed by atoms with E-state index in [1.165, 1.54) is 0 Å². The van der Waals surface area contributed by atoms with Crippen molar-refractivity contribution >= 4 is 0 Å². The molecule has 1 N–H and O–H groups in total. The summed E-state index contributed by atoms with van der Waals surface area (Å²) in [6.07, 6.45) is 3.68. The average Bonchev–Trinajstić information content (AvgIpc) is 1.55. The molecule has 0 amide bonds. The fourth-order valence-electron chi connectivity index (χ4n) is 1.63. The van der Waals surface area contributed by atoms with E-state index in [-0.39, 0.29) is 5.41 Å². The minimum absolute atomic E-state index is 0.167. The Bertz CT molecular complexity index is 128. The molecule has 0 aromatic rings. The highest BCUT2D eigenvalue weighted by atomic mass is 16.3. The van der Waals surface area contributed by atoms with E-state index in [1.807, 2.05) is 19.9 Å². The Labute approximate surface area is 70.1 Å². The molecule has 0 spiro atoms. The third kappa shape index (κ3) is 6.11. The van der Waals surface area contributed by atoms with Crippen LogP contribution in [0.3, 0.4) is 0 Å². The summed E-state index contributed by atoms with van der Waals surface area (Å²) in [7, 11) is 0. The van der Waals surface area contributed by atoms with Crippen LogP contribution in [0.4, 0.5) is 0 Å². The molecule has 1 heteroatoms. The third-order valence-electron chi connectivity index (χ3n) is 1.61. The van der Waals surface area contributed by atoms with Crippen molar-refractivity contribution in [3.63, 3.8) is 0 Å². The molecule has 0 heterocycles. The van der Waals surface area contributed by atoms with Crippen LogP contribution in [0.25, 0.3) is 0 Å². The fourth-order valence-corrected chi connectivity index (χ4v) is 1.63. The maximum Gasteiger partial charge on any atom is 0.0597 e. The summed E-state index contributed by atoms with van der Waals surface area (Å²) in [5.41, 5.74) is -0.396. The molecule has 0 radical (unpaired) electrons. The molecule has 0 aliphatic heterocycles. The Morgan fingerprint density at radius 3 is 2.00 bits per heavy atom. The van der Waals surface area contributed by atoms with Gasteiger partial charge in [-0.15, -0.1) is 6.58 Å². The van der Waals surface area contributed by atoms with E-state index in [2.05, 4.69) is 20.4 Å². The van der Waals surface area contributed by atoms with Gasteiger partial charge >= 0.3 is 0 Å². The summed E-state index contributed by atoms with van der Waals surface area (Å²) in [4.78, 5) is 0. The Kier molecular flexibility index (Phi) is 3.30. The van der Waals surface area contributed by atoms with Crippen molar-refractivity contribution in [2.45, 2.75) is 46.1 Å². The van der Waals surface area contributed by atoms with E-state index in [1.54, 1.807) is 0 Å². The molecule has 0 rings (SSSR count). The predicted octanol–water partition coefficient (Wildman–Crippen LogP) is 2.75. The topological polar surface area (TPSA) is 20.2 Å². The van der Waals surface area contributed by atoms with Crippen LogP contribution < -0.4 is 0 Å². The van der Waals surface area contributed by atoms with Gasteiger partial charge in [-0.25, -0.2) is 0 Å². The zero-order valence-electron chi connectivity index (χ0n) is 8.15. The van der Waals surface area contributed by atoms with E-state index in [0.29, 0.717) is 0 Å². The monoisotopic (exact) mass is 156 g/mol. The van der Waals surface area contributed by atoms with Crippen molar-refractivity contribution in [2.24, 2.45) is 5.41 Å². The van der Waals surface area contributed by atoms with Crippen molar-refractivity contribution in [1.82, 2.24) is 0 Å². The van der Waals surface area contributed by atoms with E-state index in [9.17, 15) is 5.11 Å². The van der Waals surface area contributed by atoms with Gasteiger partial charge in [0, 0.05) is 0 Å². The zero-order valence-corrected chi connectivity index (χ0v) is 8.15. The maximum atomic E-state index is 9.55. The highest BCUT2D eigenvalue weighted by Gasteiger charge is 2.25. The molecular formula is C10H20O. The first-order valence-electron chi connectivity index (χ1n) is 4.10. The van der Waals surface area contributed by atoms with Crippen molar-refractivity contribution in [2.75, 3.05) is 0 Å². The first-order chi connectivity index (χ1) is 4.77. The van der Waals surface area contributed by atoms with Crippen LogP contribution in [0.2, 0.25) is 0 Å². The Hall–Kier alpha value is -0.300. The molecule has 0 unspecified atom stereocenters. The first kappa shape index (κ1) is 10.7. The van der Waals surface area contributed by atoms with E-state index in [0.717, 1.165) is 12.8 Å². The number of hydrogen-bond acceptors (Lipinski definition) is 1. The van der Waals surface area contributed by atoms with Crippen molar-refractivity contribution in [3.05, 3.63) is 12.7 Å². The number of aliphatic hydroxyl groups is 1. The van der Waals surface area contributed by atoms with Gasteiger partial charge in [0.1, 0.15) is 0 Å². The summed E-state index contributed by atoms with van der Waals surface area (Å²) in [5.74, 6) is 0. The van der Waals surface area contributed by atoms with Crippen LogP contribution >= 0.6 is 0 Å². The van der Waals surface area contributed by atoms with E-state index < -0.39 is 5.60 Å². The molecule has 0 aliphatic rings. The molecule has 0 saturated heterocycles. The molecule has 0 atom stereocenters. The number of hydrogen-bond donors (Lipinski definition) is 1. The molecule has 11 heavy (non-hydrogen) atoms. The van der Waals surface area contributed by atoms with Crippen molar-refractivity contribution in [3.8, 4) is 0 Å². The minimum Gasteiger partial charge on any atom is -0.390 e. The highest BCUT2D eigenvalue weighted by molar-refractivity contribution is 4.84. The molecule has 0 aromatic heterocycles. The predicted molar refractivity (Wildman–Crippen MR) is 49.5 cm³/mol. The second-order valence-corrected chi connectivity index (χ2v) is 4.65. The van der Waals surface area contributed by atoms with Gasteiger partial charge in [-0.05, 0) is 32.1 Å². The molecule has 0 bridgehead atoms. The molecule has 66 valence electrons. The number of rotatable bonds is 4. The first-order valence-corrected chi connectivity index (χ1v) is 4.10. The van der Waals surface area contributed by atoms with Crippen LogP contribution in [-0.2, 0) is 0 Å². The summed E-state index contributed by atoms with van der Waals surface area (Å²) in [6, 6.07) is 0. The van der Waals surface area contributed by atoms with Gasteiger partial charge in [0.05, 0.1) is 5.60 Å². The van der Waals surface area contributed by atoms with Crippen LogP contribution in [-0.4, -0.2) is 10.7 Å². The van der Waals surface area contributed by atoms with Crippen LogP contribution in [0.15, 0.2) is 12.7 Å². The summed E-state index contributed by atoms with van der Waals surface area (Å²) in [6.45, 7) is 11.7. The van der Waals surface area contributed by atoms with Gasteiger partial charge < -0.3 is 5.11 Å². The average molecular weight is 156 g/mol. The minimum atomic E-state index is -0.563. The summed E-state index contributed by atoms with van der Waals surface area (Å²) >= 11 is 0. The molecule has 1 nitrogen and oxygen atoms in total. The second kappa shape index (κ2) is 3.40. The SMILES string of the molecule is C=CCC(C)(C)CC(C)(C)O. The molecule has 0 saturated carbocycles. The molecule has 0 aliphatic carbocycles. The zero-order chi connectivity index (χ0) is 9.12. The number of allylic oxidation sites excluding steroid dienone is 1. The lowest BCUT2D eigenvalue weighted by atomic mass is 9.79. The lowest BCUT2D eigenvalue weighted by molar-refractivity contribution is 0.0327. The highest BCUT2D eigenvalue weighted by Crippen LogP contribution is 2.31. The normalized spacial score (nSPS) is 13.2. The fraction of sp³-hybridized carbons (Fsp3) is 0.800. The second-order valence-electron chi connectivity index (χ2n) is 4.65. The van der Waals surface area contributed by atoms with E-state index >= 15 is 0 Å². The Morgan fingerprint density at radius 2 is 1.73 bits per heavy atom. The van der Waals surface area contributed by atoms with Gasteiger partial charge in [0.2, 0.25) is 0 Å². The van der Waals surface area contributed by atoms with Gasteiger partial charge in [0.15, 0.2) is 0 Å². The van der Waals surface area contributed by atoms with Crippen LogP contribution in [0.1, 0.15) is 40.5 Å². The standard InChI is InChI=1S/C10H20O/c1-6-7-9(2,3)8-10(4,5)11/h6,11H,1,7-8H2,2-5H3. The van der Waals surface area contributed by atoms with Crippen LogP contribution in [0.5, 0.6) is 0 Å². The quantitative estimate of drug-likeness (QED) is 0.620. The molecular weight excluding hydrogens is 136 g/mol. The largest absolute Gasteiger partial charge is 0.390 e. The van der Waals surface area contributed by atoms with Gasteiger partial charge in [-0.3, -0.25) is 0 Å². The molecule has 0 fully saturated rings. The third-order valence-corrected chi connectivity index (χ3v) is 1.61. The summed E-state index contributed by atoms with van der Waals surface area (Å²) in [5, 5.41) is 9.55. The molecule has 0 aromatic carbocycles. The Balaban J connectivity index is 4.00. The summed E-state index contributed by atoms with van der Waals surface area (Å²) < 4.78 is 0. The van der Waals surface area contributed by atoms with Gasteiger partial charge in [-0.2, -0.15) is 0 Å². The van der Waals surface area contributed by atoms with E-state index in [4.69, 9.17) is 0 Å². The smallest absolute Gasteiger partial charge is 0.0597 e. The Morgan fingerprint density at radius 1 is 1.27 bits per heavy atom. The van der Waals surface area contributed by atoms with Gasteiger partial charge in [-0.1, -0.05) is 19.9 Å². The lowest BCUT2D eigenvalue weighted by Gasteiger charge is -2.30. The van der Waals surface area contributed by atoms with Crippen molar-refractivity contribution < 1.29 is 5.11 Å². The maximum absolute atomic E-state index is 9.55. The lowest BCUT2D eigenvalue weighted by Crippen LogP contribution is -2.27. The van der Waals surface area contributed by atoms with Gasteiger partial charge in [0.25, 0.3) is 0 Å².